The highest BCUT2D eigenvalue weighted by atomic mass is 32.1. The number of nitrogens with one attached hydrogen (secondary N) is 1. The van der Waals surface area contributed by atoms with Crippen molar-refractivity contribution in [3.63, 3.8) is 0 Å². The smallest absolute Gasteiger partial charge is 0.195 e. The Kier molecular flexibility index (Phi) is 2.88. The standard InChI is InChI=1S/C12H15N3S2/c1-8-6-9(7-17-8)11-13-14-12(16)15(11)10-4-2-3-5-10/h6-7,10H,2-5H2,1H3,(H,14,16). The first-order chi connectivity index (χ1) is 8.25. The van der Waals surface area contributed by atoms with E-state index >= 15 is 0 Å². The molecule has 1 N–H and O–H groups in total. The fourth-order valence-electron chi connectivity index (χ4n) is 2.57. The van der Waals surface area contributed by atoms with E-state index in [2.05, 4.69) is 33.1 Å². The van der Waals surface area contributed by atoms with E-state index < -0.39 is 0 Å². The number of thiophene rings is 1. The van der Waals surface area contributed by atoms with Gasteiger partial charge in [0.15, 0.2) is 10.6 Å². The summed E-state index contributed by atoms with van der Waals surface area (Å²) in [6, 6.07) is 2.72. The van der Waals surface area contributed by atoms with Crippen LogP contribution in [-0.4, -0.2) is 14.8 Å². The minimum atomic E-state index is 0.538. The third-order valence-electron chi connectivity index (χ3n) is 3.38. The number of nitrogens with zero attached hydrogens (tertiary/aromatic N) is 2. The summed E-state index contributed by atoms with van der Waals surface area (Å²) in [5, 5.41) is 9.50. The highest BCUT2D eigenvalue weighted by Gasteiger charge is 2.22. The average molecular weight is 265 g/mol. The highest BCUT2D eigenvalue weighted by Crippen LogP contribution is 2.34. The average Bonchev–Trinajstić information content (AvgIpc) is 2.97. The van der Waals surface area contributed by atoms with Crippen molar-refractivity contribution in [3.05, 3.63) is 21.1 Å². The van der Waals surface area contributed by atoms with E-state index in [0.29, 0.717) is 6.04 Å². The molecule has 0 unspecified atom stereocenters. The fraction of sp³-hybridized carbons (Fsp3) is 0.500. The van der Waals surface area contributed by atoms with Gasteiger partial charge in [-0.25, -0.2) is 0 Å². The third-order valence-corrected chi connectivity index (χ3v) is 4.53. The Morgan fingerprint density at radius 2 is 2.24 bits per heavy atom. The van der Waals surface area contributed by atoms with Crippen LogP contribution in [0.3, 0.4) is 0 Å². The van der Waals surface area contributed by atoms with Gasteiger partial charge < -0.3 is 0 Å². The number of aryl methyl sites for hydroxylation is 1. The monoisotopic (exact) mass is 265 g/mol. The molecule has 5 heteroatoms. The molecule has 0 aromatic carbocycles. The van der Waals surface area contributed by atoms with Crippen molar-refractivity contribution in [2.45, 2.75) is 38.6 Å². The predicted molar refractivity (Wildman–Crippen MR) is 73.0 cm³/mol. The van der Waals surface area contributed by atoms with Gasteiger partial charge in [-0.05, 0) is 38.0 Å². The lowest BCUT2D eigenvalue weighted by atomic mass is 10.2. The van der Waals surface area contributed by atoms with Crippen LogP contribution in [0.15, 0.2) is 11.4 Å². The largest absolute Gasteiger partial charge is 0.297 e. The van der Waals surface area contributed by atoms with Gasteiger partial charge in [0.25, 0.3) is 0 Å². The summed E-state index contributed by atoms with van der Waals surface area (Å²) < 4.78 is 2.97. The van der Waals surface area contributed by atoms with E-state index in [1.165, 1.54) is 36.1 Å². The molecule has 0 bridgehead atoms. The van der Waals surface area contributed by atoms with E-state index in [9.17, 15) is 0 Å². The molecular formula is C12H15N3S2. The Morgan fingerprint density at radius 1 is 1.47 bits per heavy atom. The SMILES string of the molecule is Cc1cc(-c2n[nH]c(=S)n2C2CCCC2)cs1. The van der Waals surface area contributed by atoms with Crippen molar-refractivity contribution in [2.24, 2.45) is 0 Å². The Morgan fingerprint density at radius 3 is 2.88 bits per heavy atom. The molecule has 1 fully saturated rings. The van der Waals surface area contributed by atoms with Gasteiger partial charge in [0, 0.05) is 21.9 Å². The first kappa shape index (κ1) is 11.2. The molecule has 0 atom stereocenters. The molecule has 2 aromatic heterocycles. The van der Waals surface area contributed by atoms with E-state index in [0.717, 1.165) is 10.6 Å². The molecule has 0 saturated heterocycles. The van der Waals surface area contributed by atoms with Crippen molar-refractivity contribution >= 4 is 23.6 Å². The van der Waals surface area contributed by atoms with Gasteiger partial charge in [0.05, 0.1) is 0 Å². The second-order valence-corrected chi connectivity index (χ2v) is 6.11. The highest BCUT2D eigenvalue weighted by molar-refractivity contribution is 7.71. The van der Waals surface area contributed by atoms with Crippen molar-refractivity contribution in [1.82, 2.24) is 14.8 Å². The predicted octanol–water partition coefficient (Wildman–Crippen LogP) is 4.09. The van der Waals surface area contributed by atoms with Crippen LogP contribution in [-0.2, 0) is 0 Å². The summed E-state index contributed by atoms with van der Waals surface area (Å²) in [6.45, 7) is 2.12. The third kappa shape index (κ3) is 1.98. The van der Waals surface area contributed by atoms with Crippen LogP contribution >= 0.6 is 23.6 Å². The normalized spacial score (nSPS) is 16.8. The quantitative estimate of drug-likeness (QED) is 0.830. The van der Waals surface area contributed by atoms with Gasteiger partial charge in [0.1, 0.15) is 0 Å². The van der Waals surface area contributed by atoms with E-state index in [1.807, 2.05) is 0 Å². The van der Waals surface area contributed by atoms with Gasteiger partial charge in [0.2, 0.25) is 0 Å². The first-order valence-corrected chi connectivity index (χ1v) is 7.27. The molecular weight excluding hydrogens is 250 g/mol. The first-order valence-electron chi connectivity index (χ1n) is 5.98. The fourth-order valence-corrected chi connectivity index (χ4v) is 3.53. The molecule has 1 aliphatic carbocycles. The van der Waals surface area contributed by atoms with Gasteiger partial charge in [-0.2, -0.15) is 5.10 Å². The maximum atomic E-state index is 5.36. The van der Waals surface area contributed by atoms with Gasteiger partial charge in [-0.15, -0.1) is 11.3 Å². The minimum absolute atomic E-state index is 0.538. The zero-order valence-corrected chi connectivity index (χ0v) is 11.4. The molecule has 2 heterocycles. The van der Waals surface area contributed by atoms with Crippen LogP contribution in [0.5, 0.6) is 0 Å². The summed E-state index contributed by atoms with van der Waals surface area (Å²) in [4.78, 5) is 1.31. The van der Waals surface area contributed by atoms with Crippen molar-refractivity contribution in [2.75, 3.05) is 0 Å². The Balaban J connectivity index is 2.08. The van der Waals surface area contributed by atoms with Gasteiger partial charge in [-0.3, -0.25) is 9.67 Å². The van der Waals surface area contributed by atoms with Crippen LogP contribution in [0.25, 0.3) is 11.4 Å². The van der Waals surface area contributed by atoms with Crippen molar-refractivity contribution in [3.8, 4) is 11.4 Å². The number of hydrogen-bond acceptors (Lipinski definition) is 3. The summed E-state index contributed by atoms with van der Waals surface area (Å²) >= 11 is 7.12. The molecule has 1 aliphatic rings. The number of H-pyrrole nitrogens is 1. The maximum absolute atomic E-state index is 5.36. The van der Waals surface area contributed by atoms with E-state index in [-0.39, 0.29) is 0 Å². The lowest BCUT2D eigenvalue weighted by Crippen LogP contribution is -2.06. The topological polar surface area (TPSA) is 33.6 Å². The molecule has 0 aliphatic heterocycles. The molecule has 90 valence electrons. The Labute approximate surface area is 109 Å². The molecule has 3 rings (SSSR count). The summed E-state index contributed by atoms with van der Waals surface area (Å²) in [7, 11) is 0. The van der Waals surface area contributed by atoms with Crippen molar-refractivity contribution in [1.29, 1.82) is 0 Å². The van der Waals surface area contributed by atoms with Gasteiger partial charge >= 0.3 is 0 Å². The second-order valence-electron chi connectivity index (χ2n) is 4.61. The molecule has 17 heavy (non-hydrogen) atoms. The van der Waals surface area contributed by atoms with Crippen LogP contribution in [0, 0.1) is 11.7 Å². The van der Waals surface area contributed by atoms with Gasteiger partial charge in [-0.1, -0.05) is 12.8 Å². The molecule has 2 aromatic rings. The number of aromatic nitrogens is 3. The zero-order chi connectivity index (χ0) is 11.8. The summed E-state index contributed by atoms with van der Waals surface area (Å²) in [6.07, 6.45) is 5.06. The minimum Gasteiger partial charge on any atom is -0.297 e. The molecule has 0 spiro atoms. The Bertz CT molecular complexity index is 573. The van der Waals surface area contributed by atoms with Crippen LogP contribution < -0.4 is 0 Å². The molecule has 3 nitrogen and oxygen atoms in total. The van der Waals surface area contributed by atoms with Crippen LogP contribution in [0.2, 0.25) is 0 Å². The lowest BCUT2D eigenvalue weighted by Gasteiger charge is -2.12. The van der Waals surface area contributed by atoms with Crippen molar-refractivity contribution < 1.29 is 0 Å². The summed E-state index contributed by atoms with van der Waals surface area (Å²) in [5.74, 6) is 1.01. The number of aromatic amines is 1. The van der Waals surface area contributed by atoms with E-state index in [4.69, 9.17) is 12.2 Å². The lowest BCUT2D eigenvalue weighted by molar-refractivity contribution is 0.516. The molecule has 0 amide bonds. The maximum Gasteiger partial charge on any atom is 0.195 e. The van der Waals surface area contributed by atoms with Crippen LogP contribution in [0.1, 0.15) is 36.6 Å². The molecule has 1 saturated carbocycles. The molecule has 0 radical (unpaired) electrons. The number of rotatable bonds is 2. The zero-order valence-electron chi connectivity index (χ0n) is 9.77. The Hall–Kier alpha value is -0.940. The second kappa shape index (κ2) is 4.38. The summed E-state index contributed by atoms with van der Waals surface area (Å²) in [5.41, 5.74) is 1.19. The number of hydrogen-bond donors (Lipinski definition) is 1. The van der Waals surface area contributed by atoms with E-state index in [1.54, 1.807) is 11.3 Å². The van der Waals surface area contributed by atoms with Crippen LogP contribution in [0.4, 0.5) is 0 Å².